The third-order valence-corrected chi connectivity index (χ3v) is 2.42. The first-order valence-electron chi connectivity index (χ1n) is 3.81. The van der Waals surface area contributed by atoms with E-state index in [1.54, 1.807) is 0 Å². The van der Waals surface area contributed by atoms with Crippen LogP contribution in [0.15, 0.2) is 0 Å². The van der Waals surface area contributed by atoms with Crippen LogP contribution in [0.1, 0.15) is 13.3 Å². The van der Waals surface area contributed by atoms with E-state index in [1.807, 2.05) is 0 Å². The zero-order valence-corrected chi connectivity index (χ0v) is 8.29. The van der Waals surface area contributed by atoms with Crippen molar-refractivity contribution in [3.63, 3.8) is 0 Å². The molecule has 10 heavy (non-hydrogen) atoms. The highest BCUT2D eigenvalue weighted by molar-refractivity contribution is 8.15. The molecule has 0 radical (unpaired) electrons. The van der Waals surface area contributed by atoms with Gasteiger partial charge in [0, 0.05) is 5.75 Å². The highest BCUT2D eigenvalue weighted by atomic mass is 32.2. The minimum atomic E-state index is -0.555. The van der Waals surface area contributed by atoms with Crippen LogP contribution in [-0.2, 0) is 0 Å². The van der Waals surface area contributed by atoms with Crippen molar-refractivity contribution in [3.05, 3.63) is 0 Å². The van der Waals surface area contributed by atoms with E-state index < -0.39 is 6.17 Å². The highest BCUT2D eigenvalue weighted by Gasteiger charge is 2.08. The second-order valence-corrected chi connectivity index (χ2v) is 6.01. The van der Waals surface area contributed by atoms with Gasteiger partial charge >= 0.3 is 0 Å². The molecule has 0 aromatic rings. The Labute approximate surface area is 67.3 Å². The van der Waals surface area contributed by atoms with E-state index in [0.717, 1.165) is 12.2 Å². The topological polar surface area (TPSA) is 0 Å². The van der Waals surface area contributed by atoms with Gasteiger partial charge in [0.25, 0.3) is 0 Å². The lowest BCUT2D eigenvalue weighted by Crippen LogP contribution is -2.08. The fraction of sp³-hybridized carbons (Fsp3) is 1.00. The van der Waals surface area contributed by atoms with Crippen molar-refractivity contribution >= 4 is 18.7 Å². The van der Waals surface area contributed by atoms with Gasteiger partial charge in [0.1, 0.15) is 14.0 Å². The maximum Gasteiger partial charge on any atom is 0.107 e. The minimum Gasteiger partial charge on any atom is -0.256 e. The van der Waals surface area contributed by atoms with Gasteiger partial charge in [-0.2, -0.15) is 0 Å². The van der Waals surface area contributed by atoms with E-state index in [0.29, 0.717) is 5.82 Å². The van der Waals surface area contributed by atoms with Crippen molar-refractivity contribution in [2.24, 2.45) is 0 Å². The van der Waals surface area contributed by atoms with Gasteiger partial charge in [-0.15, -0.1) is 0 Å². The van der Waals surface area contributed by atoms with E-state index >= 15 is 0 Å². The Morgan fingerprint density at radius 3 is 2.30 bits per heavy atom. The molecule has 62 valence electrons. The first-order valence-corrected chi connectivity index (χ1v) is 6.23. The number of hydrogen-bond acceptors (Lipinski definition) is 0. The Kier molecular flexibility index (Phi) is 5.23. The second-order valence-electron chi connectivity index (χ2n) is 3.49. The molecule has 0 aromatic heterocycles. The summed E-state index contributed by atoms with van der Waals surface area (Å²) in [5.41, 5.74) is 0. The number of halogens is 1. The zero-order chi connectivity index (χ0) is 8.15. The van der Waals surface area contributed by atoms with Gasteiger partial charge in [0.05, 0.1) is 0 Å². The molecule has 0 aliphatic carbocycles. The van der Waals surface area contributed by atoms with Crippen molar-refractivity contribution in [1.82, 2.24) is 0 Å². The van der Waals surface area contributed by atoms with Crippen LogP contribution in [0.3, 0.4) is 0 Å². The summed E-state index contributed by atoms with van der Waals surface area (Å²) in [6.45, 7) is 2.07. The van der Waals surface area contributed by atoms with Crippen LogP contribution in [0.5, 0.6) is 0 Å². The molecule has 0 bridgehead atoms. The molecular formula is C7H18BFS. The van der Waals surface area contributed by atoms with Crippen molar-refractivity contribution in [2.45, 2.75) is 25.3 Å². The summed E-state index contributed by atoms with van der Waals surface area (Å²) in [7, 11) is 2.02. The average molecular weight is 164 g/mol. The summed E-state index contributed by atoms with van der Waals surface area (Å²) in [5, 5.41) is 0. The summed E-state index contributed by atoms with van der Waals surface area (Å²) in [6.07, 6.45) is 4.44. The second kappa shape index (κ2) is 5.06. The van der Waals surface area contributed by atoms with Gasteiger partial charge in [0.2, 0.25) is 0 Å². The van der Waals surface area contributed by atoms with Crippen molar-refractivity contribution in [3.8, 4) is 0 Å². The Morgan fingerprint density at radius 1 is 1.50 bits per heavy atom. The Hall–Kier alpha value is 0.345. The summed E-state index contributed by atoms with van der Waals surface area (Å²) in [5.74, 6) is 1.29. The van der Waals surface area contributed by atoms with E-state index in [4.69, 9.17) is 0 Å². The quantitative estimate of drug-likeness (QED) is 0.471. The van der Waals surface area contributed by atoms with Crippen LogP contribution in [0, 0.1) is 0 Å². The van der Waals surface area contributed by atoms with Gasteiger partial charge < -0.3 is 0 Å². The molecule has 0 spiro atoms. The molecule has 0 rings (SSSR count). The largest absolute Gasteiger partial charge is 0.256 e. The first kappa shape index (κ1) is 10.3. The predicted molar refractivity (Wildman–Crippen MR) is 53.2 cm³/mol. The minimum absolute atomic E-state index is 0.0455. The maximum atomic E-state index is 12.9. The van der Waals surface area contributed by atoms with E-state index in [1.165, 1.54) is 0 Å². The normalized spacial score (nSPS) is 18.2. The molecular weight excluding hydrogens is 146 g/mol. The van der Waals surface area contributed by atoms with Crippen LogP contribution >= 0.6 is 10.9 Å². The number of hydrogen-bond donors (Lipinski definition) is 1. The third kappa shape index (κ3) is 6.46. The van der Waals surface area contributed by atoms with Gasteiger partial charge in [-0.05, 0) is 18.9 Å². The van der Waals surface area contributed by atoms with Crippen molar-refractivity contribution in [1.29, 1.82) is 0 Å². The average Bonchev–Trinajstić information content (AvgIpc) is 1.58. The summed E-state index contributed by atoms with van der Waals surface area (Å²) < 4.78 is 12.9. The fourth-order valence-corrected chi connectivity index (χ4v) is 1.92. The predicted octanol–water partition coefficient (Wildman–Crippen LogP) is 1.42. The molecule has 0 saturated carbocycles. The monoisotopic (exact) mass is 164 g/mol. The Balaban J connectivity index is 3.34. The Morgan fingerprint density at radius 2 is 2.00 bits per heavy atom. The number of alkyl halides is 1. The van der Waals surface area contributed by atoms with Crippen molar-refractivity contribution < 1.29 is 4.39 Å². The van der Waals surface area contributed by atoms with Crippen LogP contribution in [0.2, 0.25) is 5.82 Å². The number of thiol groups is 1. The van der Waals surface area contributed by atoms with Crippen molar-refractivity contribution in [2.75, 3.05) is 18.3 Å². The SMILES string of the molecule is B[C@@H](C)C[C@@H](F)C[SH](C)C. The maximum absolute atomic E-state index is 12.9. The van der Waals surface area contributed by atoms with Crippen LogP contribution in [0.25, 0.3) is 0 Å². The lowest BCUT2D eigenvalue weighted by molar-refractivity contribution is 0.344. The number of rotatable bonds is 4. The smallest absolute Gasteiger partial charge is 0.107 e. The fourth-order valence-electron chi connectivity index (χ4n) is 0.982. The zero-order valence-electron chi connectivity index (χ0n) is 7.39. The molecule has 0 unspecified atom stereocenters. The van der Waals surface area contributed by atoms with Gasteiger partial charge in [0.15, 0.2) is 0 Å². The van der Waals surface area contributed by atoms with Gasteiger partial charge in [-0.25, -0.2) is 4.39 Å². The third-order valence-electron chi connectivity index (χ3n) is 1.29. The van der Waals surface area contributed by atoms with Gasteiger partial charge in [-0.3, -0.25) is 10.9 Å². The molecule has 2 atom stereocenters. The van der Waals surface area contributed by atoms with E-state index in [9.17, 15) is 4.39 Å². The molecule has 0 nitrogen and oxygen atoms in total. The first-order chi connectivity index (χ1) is 4.52. The molecule has 0 heterocycles. The molecule has 0 fully saturated rings. The summed E-state index contributed by atoms with van der Waals surface area (Å²) in [6, 6.07) is 0. The standard InChI is InChI=1S/C7H18BFS/c1-6(8)4-7(9)5-10(2)3/h6-7,10H,4-5,8H2,1-3H3/t6-,7+/m0/s1. The van der Waals surface area contributed by atoms with E-state index in [-0.39, 0.29) is 10.9 Å². The molecule has 0 aliphatic rings. The van der Waals surface area contributed by atoms with Crippen LogP contribution < -0.4 is 0 Å². The van der Waals surface area contributed by atoms with Crippen LogP contribution in [-0.4, -0.2) is 32.3 Å². The lowest BCUT2D eigenvalue weighted by atomic mass is 9.85. The summed E-state index contributed by atoms with van der Waals surface area (Å²) >= 11 is 0. The lowest BCUT2D eigenvalue weighted by Gasteiger charge is -2.14. The molecule has 0 saturated heterocycles. The molecule has 0 aromatic carbocycles. The Bertz CT molecular complexity index is 75.7. The molecule has 0 amide bonds. The summed E-state index contributed by atoms with van der Waals surface area (Å²) in [4.78, 5) is 0. The molecule has 3 heteroatoms. The molecule has 0 aliphatic heterocycles. The van der Waals surface area contributed by atoms with E-state index in [2.05, 4.69) is 27.3 Å². The molecule has 0 N–H and O–H groups in total. The van der Waals surface area contributed by atoms with Crippen LogP contribution in [0.4, 0.5) is 4.39 Å². The highest BCUT2D eigenvalue weighted by Crippen LogP contribution is 2.21. The van der Waals surface area contributed by atoms with Gasteiger partial charge in [-0.1, -0.05) is 12.7 Å².